The van der Waals surface area contributed by atoms with Crippen LogP contribution in [0.2, 0.25) is 0 Å². The van der Waals surface area contributed by atoms with Gasteiger partial charge >= 0.3 is 0 Å². The molecule has 2 aromatic carbocycles. The largest absolute Gasteiger partial charge is 0.489 e. The molecule has 0 radical (unpaired) electrons. The van der Waals surface area contributed by atoms with Crippen molar-refractivity contribution in [2.45, 2.75) is 20.5 Å². The molecule has 5 heteroatoms. The average Bonchev–Trinajstić information content (AvgIpc) is 2.41. The number of halogens is 2. The van der Waals surface area contributed by atoms with Crippen LogP contribution in [0, 0.1) is 25.1 Å². The van der Waals surface area contributed by atoms with Crippen LogP contribution in [0.15, 0.2) is 34.8 Å². The third-order valence-corrected chi connectivity index (χ3v) is 4.33. The van der Waals surface area contributed by atoms with Crippen LogP contribution in [-0.4, -0.2) is 5.84 Å². The van der Waals surface area contributed by atoms with Crippen LogP contribution in [0.25, 0.3) is 0 Å². The summed E-state index contributed by atoms with van der Waals surface area (Å²) in [5.74, 6) is 0.136. The number of nitrogens with two attached hydrogens (primary N) is 1. The van der Waals surface area contributed by atoms with E-state index in [2.05, 4.69) is 15.9 Å². The molecule has 0 aliphatic carbocycles. The van der Waals surface area contributed by atoms with Gasteiger partial charge in [-0.1, -0.05) is 15.9 Å². The predicted molar refractivity (Wildman–Crippen MR) is 85.4 cm³/mol. The summed E-state index contributed by atoms with van der Waals surface area (Å²) in [6, 6.07) is 8.11. The van der Waals surface area contributed by atoms with Crippen LogP contribution in [0.5, 0.6) is 5.75 Å². The lowest BCUT2D eigenvalue weighted by molar-refractivity contribution is 0.305. The quantitative estimate of drug-likeness (QED) is 0.644. The van der Waals surface area contributed by atoms with Crippen molar-refractivity contribution in [1.82, 2.24) is 0 Å². The minimum absolute atomic E-state index is 0.161. The Balaban J connectivity index is 2.18. The SMILES string of the molecule is Cc1cc(OCc2cc(F)cc(C(=N)N)c2)cc(C)c1Br. The third-order valence-electron chi connectivity index (χ3n) is 3.08. The van der Waals surface area contributed by atoms with Crippen LogP contribution < -0.4 is 10.5 Å². The molecule has 0 heterocycles. The van der Waals surface area contributed by atoms with Gasteiger partial charge in [-0.3, -0.25) is 5.41 Å². The average molecular weight is 351 g/mol. The van der Waals surface area contributed by atoms with Crippen LogP contribution in [0.3, 0.4) is 0 Å². The van der Waals surface area contributed by atoms with E-state index in [4.69, 9.17) is 15.9 Å². The van der Waals surface area contributed by atoms with E-state index in [0.29, 0.717) is 11.1 Å². The van der Waals surface area contributed by atoms with Crippen LogP contribution in [-0.2, 0) is 6.61 Å². The van der Waals surface area contributed by atoms with Gasteiger partial charge in [0.05, 0.1) is 0 Å². The Morgan fingerprint density at radius 2 is 1.81 bits per heavy atom. The molecular formula is C16H16BrFN2O. The van der Waals surface area contributed by atoms with Gasteiger partial charge in [-0.05, 0) is 60.9 Å². The molecule has 2 rings (SSSR count). The van der Waals surface area contributed by atoms with E-state index in [1.165, 1.54) is 12.1 Å². The number of nitrogens with one attached hydrogen (secondary N) is 1. The van der Waals surface area contributed by atoms with Crippen molar-refractivity contribution in [1.29, 1.82) is 5.41 Å². The van der Waals surface area contributed by atoms with Gasteiger partial charge in [-0.2, -0.15) is 0 Å². The van der Waals surface area contributed by atoms with Gasteiger partial charge in [-0.15, -0.1) is 0 Å². The zero-order valence-electron chi connectivity index (χ0n) is 11.8. The van der Waals surface area contributed by atoms with E-state index in [1.54, 1.807) is 6.07 Å². The maximum absolute atomic E-state index is 13.5. The highest BCUT2D eigenvalue weighted by Crippen LogP contribution is 2.26. The van der Waals surface area contributed by atoms with Gasteiger partial charge in [0.15, 0.2) is 0 Å². The fourth-order valence-corrected chi connectivity index (χ4v) is 2.27. The molecule has 0 aromatic heterocycles. The molecular weight excluding hydrogens is 335 g/mol. The fourth-order valence-electron chi connectivity index (χ4n) is 2.05. The van der Waals surface area contributed by atoms with Crippen molar-refractivity contribution >= 4 is 21.8 Å². The second-order valence-electron chi connectivity index (χ2n) is 4.92. The molecule has 0 fully saturated rings. The molecule has 0 saturated heterocycles. The maximum Gasteiger partial charge on any atom is 0.124 e. The van der Waals surface area contributed by atoms with Gasteiger partial charge in [-0.25, -0.2) is 4.39 Å². The normalized spacial score (nSPS) is 10.5. The molecule has 0 aliphatic rings. The monoisotopic (exact) mass is 350 g/mol. The molecule has 0 aliphatic heterocycles. The first kappa shape index (κ1) is 15.5. The highest BCUT2D eigenvalue weighted by atomic mass is 79.9. The first-order valence-corrected chi connectivity index (χ1v) is 7.19. The summed E-state index contributed by atoms with van der Waals surface area (Å²) in [5.41, 5.74) is 8.54. The minimum Gasteiger partial charge on any atom is -0.489 e. The number of rotatable bonds is 4. The van der Waals surface area contributed by atoms with Crippen molar-refractivity contribution in [3.05, 3.63) is 62.9 Å². The molecule has 3 N–H and O–H groups in total. The molecule has 0 bridgehead atoms. The van der Waals surface area contributed by atoms with E-state index in [9.17, 15) is 4.39 Å². The first-order chi connectivity index (χ1) is 9.86. The molecule has 21 heavy (non-hydrogen) atoms. The molecule has 0 amide bonds. The Bertz CT molecular complexity index is 678. The Hall–Kier alpha value is -1.88. The lowest BCUT2D eigenvalue weighted by atomic mass is 10.1. The number of benzene rings is 2. The molecule has 3 nitrogen and oxygen atoms in total. The van der Waals surface area contributed by atoms with E-state index >= 15 is 0 Å². The van der Waals surface area contributed by atoms with E-state index in [0.717, 1.165) is 21.3 Å². The second kappa shape index (κ2) is 6.26. The smallest absolute Gasteiger partial charge is 0.124 e. The van der Waals surface area contributed by atoms with Crippen LogP contribution in [0.4, 0.5) is 4.39 Å². The highest BCUT2D eigenvalue weighted by molar-refractivity contribution is 9.10. The summed E-state index contributed by atoms with van der Waals surface area (Å²) >= 11 is 3.50. The Morgan fingerprint density at radius 3 is 2.38 bits per heavy atom. The number of ether oxygens (including phenoxy) is 1. The standard InChI is InChI=1S/C16H16BrFN2O/c1-9-3-14(4-10(2)15(9)17)21-8-11-5-12(16(19)20)7-13(18)6-11/h3-7H,8H2,1-2H3,(H3,19,20). The van der Waals surface area contributed by atoms with Crippen molar-refractivity contribution in [2.75, 3.05) is 0 Å². The Morgan fingerprint density at radius 1 is 1.19 bits per heavy atom. The van der Waals surface area contributed by atoms with Crippen LogP contribution >= 0.6 is 15.9 Å². The van der Waals surface area contributed by atoms with Crippen molar-refractivity contribution in [3.63, 3.8) is 0 Å². The molecule has 0 unspecified atom stereocenters. The molecule has 0 atom stereocenters. The van der Waals surface area contributed by atoms with Gasteiger partial charge < -0.3 is 10.5 Å². The van der Waals surface area contributed by atoms with Crippen molar-refractivity contribution < 1.29 is 9.13 Å². The zero-order valence-corrected chi connectivity index (χ0v) is 13.4. The Labute approximate surface area is 131 Å². The second-order valence-corrected chi connectivity index (χ2v) is 5.71. The van der Waals surface area contributed by atoms with Crippen molar-refractivity contribution in [2.24, 2.45) is 5.73 Å². The van der Waals surface area contributed by atoms with Gasteiger partial charge in [0.25, 0.3) is 0 Å². The Kier molecular flexibility index (Phi) is 4.63. The number of amidine groups is 1. The predicted octanol–water partition coefficient (Wildman–Crippen LogP) is 4.07. The topological polar surface area (TPSA) is 59.1 Å². The zero-order chi connectivity index (χ0) is 15.6. The lowest BCUT2D eigenvalue weighted by Crippen LogP contribution is -2.12. The summed E-state index contributed by atoms with van der Waals surface area (Å²) < 4.78 is 20.2. The first-order valence-electron chi connectivity index (χ1n) is 6.40. The third kappa shape index (κ3) is 3.82. The summed E-state index contributed by atoms with van der Waals surface area (Å²) in [5, 5.41) is 7.37. The van der Waals surface area contributed by atoms with Gasteiger partial charge in [0.1, 0.15) is 24.0 Å². The van der Waals surface area contributed by atoms with Gasteiger partial charge in [0, 0.05) is 10.0 Å². The van der Waals surface area contributed by atoms with Crippen LogP contribution in [0.1, 0.15) is 22.3 Å². The summed E-state index contributed by atoms with van der Waals surface area (Å²) in [6.45, 7) is 4.19. The lowest BCUT2D eigenvalue weighted by Gasteiger charge is -2.11. The minimum atomic E-state index is -0.426. The molecule has 0 spiro atoms. The van der Waals surface area contributed by atoms with E-state index in [1.807, 2.05) is 26.0 Å². The molecule has 0 saturated carbocycles. The summed E-state index contributed by atoms with van der Waals surface area (Å²) in [4.78, 5) is 0. The number of aryl methyl sites for hydroxylation is 2. The molecule has 2 aromatic rings. The van der Waals surface area contributed by atoms with Crippen molar-refractivity contribution in [3.8, 4) is 5.75 Å². The number of hydrogen-bond donors (Lipinski definition) is 2. The molecule has 110 valence electrons. The number of nitrogen functional groups attached to an aromatic ring is 1. The fraction of sp³-hybridized carbons (Fsp3) is 0.188. The summed E-state index contributed by atoms with van der Waals surface area (Å²) in [7, 11) is 0. The van der Waals surface area contributed by atoms with E-state index < -0.39 is 5.82 Å². The van der Waals surface area contributed by atoms with Gasteiger partial charge in [0.2, 0.25) is 0 Å². The van der Waals surface area contributed by atoms with E-state index in [-0.39, 0.29) is 12.4 Å². The maximum atomic E-state index is 13.5. The highest BCUT2D eigenvalue weighted by Gasteiger charge is 2.06. The number of hydrogen-bond acceptors (Lipinski definition) is 2. The summed E-state index contributed by atoms with van der Waals surface area (Å²) in [6.07, 6.45) is 0.